The first-order chi connectivity index (χ1) is 12.2. The Morgan fingerprint density at radius 1 is 1.31 bits per heavy atom. The van der Waals surface area contributed by atoms with Crippen molar-refractivity contribution in [2.24, 2.45) is 5.92 Å². The maximum atomic E-state index is 12.6. The van der Waals surface area contributed by atoms with E-state index in [-0.39, 0.29) is 18.4 Å². The maximum Gasteiger partial charge on any atom is 0.276 e. The molecule has 0 unspecified atom stereocenters. The molecular weight excluding hydrogens is 352 g/mol. The van der Waals surface area contributed by atoms with Crippen LogP contribution in [0.5, 0.6) is 0 Å². The van der Waals surface area contributed by atoms with Crippen molar-refractivity contribution in [1.29, 1.82) is 5.26 Å². The number of carbonyl (C=O) groups is 1. The Balaban J connectivity index is 1.91. The van der Waals surface area contributed by atoms with Gasteiger partial charge in [-0.1, -0.05) is 32.0 Å². The molecular formula is C18H27N4O3S+. The van der Waals surface area contributed by atoms with E-state index in [1.54, 1.807) is 37.3 Å². The molecule has 7 nitrogen and oxygen atoms in total. The van der Waals surface area contributed by atoms with Gasteiger partial charge in [0, 0.05) is 0 Å². The minimum atomic E-state index is -3.48. The normalized spacial score (nSPS) is 18.9. The van der Waals surface area contributed by atoms with Crippen molar-refractivity contribution in [2.75, 3.05) is 32.7 Å². The van der Waals surface area contributed by atoms with Crippen LogP contribution in [0.2, 0.25) is 0 Å². The van der Waals surface area contributed by atoms with E-state index < -0.39 is 15.6 Å². The van der Waals surface area contributed by atoms with Crippen molar-refractivity contribution < 1.29 is 18.1 Å². The molecule has 8 heteroatoms. The summed E-state index contributed by atoms with van der Waals surface area (Å²) in [4.78, 5) is 13.6. The third-order valence-corrected chi connectivity index (χ3v) is 6.92. The zero-order valence-electron chi connectivity index (χ0n) is 15.5. The lowest BCUT2D eigenvalue weighted by Gasteiger charge is -2.32. The fourth-order valence-corrected chi connectivity index (χ4v) is 4.29. The van der Waals surface area contributed by atoms with Gasteiger partial charge >= 0.3 is 0 Å². The van der Waals surface area contributed by atoms with Gasteiger partial charge in [0.1, 0.15) is 5.54 Å². The quantitative estimate of drug-likeness (QED) is 0.705. The van der Waals surface area contributed by atoms with Crippen LogP contribution in [0.15, 0.2) is 35.2 Å². The summed E-state index contributed by atoms with van der Waals surface area (Å²) in [7, 11) is -3.48. The second-order valence-electron chi connectivity index (χ2n) is 7.16. The molecule has 0 radical (unpaired) electrons. The van der Waals surface area contributed by atoms with Gasteiger partial charge in [0.25, 0.3) is 5.91 Å². The molecule has 2 rings (SSSR count). The molecule has 0 aliphatic carbocycles. The van der Waals surface area contributed by atoms with Crippen molar-refractivity contribution in [2.45, 2.75) is 31.2 Å². The smallest absolute Gasteiger partial charge is 0.276 e. The van der Waals surface area contributed by atoms with Crippen molar-refractivity contribution >= 4 is 15.9 Å². The Kier molecular flexibility index (Phi) is 6.39. The average molecular weight is 380 g/mol. The van der Waals surface area contributed by atoms with Crippen LogP contribution < -0.4 is 10.2 Å². The summed E-state index contributed by atoms with van der Waals surface area (Å²) in [6.07, 6.45) is 0. The molecule has 1 amide bonds. The number of rotatable bonds is 6. The van der Waals surface area contributed by atoms with E-state index in [4.69, 9.17) is 0 Å². The fraction of sp³-hybridized carbons (Fsp3) is 0.556. The van der Waals surface area contributed by atoms with Gasteiger partial charge in [-0.25, -0.2) is 8.42 Å². The van der Waals surface area contributed by atoms with Gasteiger partial charge in [0.15, 0.2) is 6.54 Å². The van der Waals surface area contributed by atoms with Gasteiger partial charge in [0.2, 0.25) is 10.0 Å². The highest BCUT2D eigenvalue weighted by atomic mass is 32.2. The molecule has 0 spiro atoms. The average Bonchev–Trinajstić information content (AvgIpc) is 2.62. The number of quaternary nitrogens is 1. The summed E-state index contributed by atoms with van der Waals surface area (Å²) < 4.78 is 26.7. The molecule has 1 aliphatic heterocycles. The van der Waals surface area contributed by atoms with E-state index in [9.17, 15) is 18.5 Å². The largest absolute Gasteiger partial charge is 0.333 e. The van der Waals surface area contributed by atoms with Crippen LogP contribution in [0.1, 0.15) is 20.8 Å². The minimum Gasteiger partial charge on any atom is -0.333 e. The lowest BCUT2D eigenvalue weighted by molar-refractivity contribution is -0.895. The Bertz CT molecular complexity index is 765. The summed E-state index contributed by atoms with van der Waals surface area (Å²) in [5.74, 6) is -0.184. The van der Waals surface area contributed by atoms with E-state index >= 15 is 0 Å². The van der Waals surface area contributed by atoms with E-state index in [0.29, 0.717) is 31.1 Å². The molecule has 1 heterocycles. The number of nitriles is 1. The number of hydrogen-bond donors (Lipinski definition) is 2. The van der Waals surface area contributed by atoms with Crippen molar-refractivity contribution in [3.05, 3.63) is 30.3 Å². The second-order valence-corrected chi connectivity index (χ2v) is 9.10. The van der Waals surface area contributed by atoms with Crippen LogP contribution in [0.25, 0.3) is 0 Å². The first-order valence-corrected chi connectivity index (χ1v) is 10.2. The lowest BCUT2D eigenvalue weighted by Crippen LogP contribution is -3.16. The molecule has 0 bridgehead atoms. The minimum absolute atomic E-state index is 0.000636. The SMILES string of the molecule is CC(C)[C@](C)(C#N)NC(=O)C[NH+]1CCN(S(=O)(=O)c2ccccc2)CC1. The molecule has 1 fully saturated rings. The number of nitrogens with one attached hydrogen (secondary N) is 2. The number of sulfonamides is 1. The number of carbonyl (C=O) groups excluding carboxylic acids is 1. The highest BCUT2D eigenvalue weighted by molar-refractivity contribution is 7.89. The molecule has 1 aliphatic rings. The van der Waals surface area contributed by atoms with E-state index in [2.05, 4.69) is 11.4 Å². The topological polar surface area (TPSA) is 94.7 Å². The van der Waals surface area contributed by atoms with Crippen molar-refractivity contribution in [1.82, 2.24) is 9.62 Å². The van der Waals surface area contributed by atoms with Gasteiger partial charge in [-0.2, -0.15) is 9.57 Å². The summed E-state index contributed by atoms with van der Waals surface area (Å²) in [6.45, 7) is 7.61. The standard InChI is InChI=1S/C18H26N4O3S/c1-15(2)18(3,14-19)20-17(23)13-21-9-11-22(12-10-21)26(24,25)16-7-5-4-6-8-16/h4-8,15H,9-13H2,1-3H3,(H,20,23)/p+1/t18-/m0/s1. The highest BCUT2D eigenvalue weighted by Crippen LogP contribution is 2.15. The van der Waals surface area contributed by atoms with E-state index in [0.717, 1.165) is 4.90 Å². The molecule has 0 saturated carbocycles. The van der Waals surface area contributed by atoms with Crippen LogP contribution in [0.4, 0.5) is 0 Å². The third-order valence-electron chi connectivity index (χ3n) is 5.01. The van der Waals surface area contributed by atoms with Crippen molar-refractivity contribution in [3.8, 4) is 6.07 Å². The molecule has 1 saturated heterocycles. The third kappa shape index (κ3) is 4.61. The van der Waals surface area contributed by atoms with Crippen LogP contribution >= 0.6 is 0 Å². The summed E-state index contributed by atoms with van der Waals surface area (Å²) in [6, 6.07) is 10.5. The lowest BCUT2D eigenvalue weighted by atomic mass is 9.90. The van der Waals surface area contributed by atoms with Gasteiger partial charge in [-0.3, -0.25) is 4.79 Å². The number of piperazine rings is 1. The van der Waals surface area contributed by atoms with E-state index in [1.165, 1.54) is 4.31 Å². The predicted octanol–water partition coefficient (Wildman–Crippen LogP) is -0.370. The zero-order valence-corrected chi connectivity index (χ0v) is 16.3. The first-order valence-electron chi connectivity index (χ1n) is 8.80. The number of amides is 1. The van der Waals surface area contributed by atoms with Crippen LogP contribution in [0.3, 0.4) is 0 Å². The second kappa shape index (κ2) is 8.16. The molecule has 1 aromatic rings. The van der Waals surface area contributed by atoms with Crippen LogP contribution in [-0.4, -0.2) is 56.9 Å². The zero-order chi connectivity index (χ0) is 19.4. The maximum absolute atomic E-state index is 12.6. The monoisotopic (exact) mass is 379 g/mol. The molecule has 1 atom stereocenters. The number of nitrogens with zero attached hydrogens (tertiary/aromatic N) is 2. The van der Waals surface area contributed by atoms with Crippen LogP contribution in [-0.2, 0) is 14.8 Å². The van der Waals surface area contributed by atoms with Crippen LogP contribution in [0, 0.1) is 17.2 Å². The van der Waals surface area contributed by atoms with Gasteiger partial charge in [-0.05, 0) is 25.0 Å². The van der Waals surface area contributed by atoms with E-state index in [1.807, 2.05) is 13.8 Å². The summed E-state index contributed by atoms with van der Waals surface area (Å²) >= 11 is 0. The Labute approximate surface area is 155 Å². The highest BCUT2D eigenvalue weighted by Gasteiger charge is 2.34. The Morgan fingerprint density at radius 3 is 2.38 bits per heavy atom. The van der Waals surface area contributed by atoms with Crippen molar-refractivity contribution in [3.63, 3.8) is 0 Å². The Morgan fingerprint density at radius 2 is 1.88 bits per heavy atom. The molecule has 26 heavy (non-hydrogen) atoms. The summed E-state index contributed by atoms with van der Waals surface area (Å²) in [5.41, 5.74) is -0.894. The van der Waals surface area contributed by atoms with Gasteiger partial charge in [-0.15, -0.1) is 0 Å². The van der Waals surface area contributed by atoms with Gasteiger partial charge in [0.05, 0.1) is 37.1 Å². The molecule has 142 valence electrons. The number of hydrogen-bond acceptors (Lipinski definition) is 4. The molecule has 1 aromatic carbocycles. The number of benzene rings is 1. The first kappa shape index (κ1) is 20.4. The summed E-state index contributed by atoms with van der Waals surface area (Å²) in [5, 5.41) is 12.1. The fourth-order valence-electron chi connectivity index (χ4n) is 2.82. The van der Waals surface area contributed by atoms with Gasteiger partial charge < -0.3 is 10.2 Å². The molecule has 0 aromatic heterocycles. The predicted molar refractivity (Wildman–Crippen MR) is 97.8 cm³/mol. The Hall–Kier alpha value is -1.95. The molecule has 2 N–H and O–H groups in total.